The zero-order valence-corrected chi connectivity index (χ0v) is 16.7. The molecule has 0 unspecified atom stereocenters. The number of fused-ring (bicyclic) bond motifs is 1. The maximum atomic E-state index is 5.57. The van der Waals surface area contributed by atoms with E-state index in [0.29, 0.717) is 6.10 Å². The van der Waals surface area contributed by atoms with Crippen molar-refractivity contribution in [1.82, 2.24) is 20.2 Å². The summed E-state index contributed by atoms with van der Waals surface area (Å²) in [6, 6.07) is 6.25. The fourth-order valence-corrected chi connectivity index (χ4v) is 4.25. The molecule has 0 aromatic carbocycles. The van der Waals surface area contributed by atoms with Crippen LogP contribution in [-0.4, -0.2) is 72.8 Å². The molecular weight excluding hydrogens is 368 g/mol. The lowest BCUT2D eigenvalue weighted by molar-refractivity contribution is 0.0819. The first-order chi connectivity index (χ1) is 14.3. The minimum atomic E-state index is 0.347. The van der Waals surface area contributed by atoms with Crippen LogP contribution in [0.25, 0.3) is 22.3 Å². The van der Waals surface area contributed by atoms with Gasteiger partial charge in [0.05, 0.1) is 25.0 Å². The number of nitrogens with one attached hydrogen (secondary N) is 1. The highest BCUT2D eigenvalue weighted by atomic mass is 16.5. The molecule has 0 saturated carbocycles. The topological polar surface area (TPSA) is 79.4 Å². The van der Waals surface area contributed by atoms with E-state index in [1.807, 2.05) is 12.3 Å². The van der Waals surface area contributed by atoms with E-state index in [-0.39, 0.29) is 0 Å². The Hall–Kier alpha value is -2.71. The summed E-state index contributed by atoms with van der Waals surface area (Å²) < 4.78 is 11.1. The van der Waals surface area contributed by atoms with Crippen molar-refractivity contribution in [1.29, 1.82) is 0 Å². The molecule has 152 valence electrons. The minimum Gasteiger partial charge on any atom is -0.381 e. The smallest absolute Gasteiger partial charge is 0.131 e. The number of nitrogens with zero attached hydrogens (tertiary/aromatic N) is 5. The third-order valence-electron chi connectivity index (χ3n) is 5.90. The maximum absolute atomic E-state index is 5.57. The molecule has 8 heteroatoms. The first kappa shape index (κ1) is 18.3. The van der Waals surface area contributed by atoms with Crippen LogP contribution in [0.4, 0.5) is 11.5 Å². The molecule has 0 radical (unpaired) electrons. The number of piperidine rings is 1. The van der Waals surface area contributed by atoms with E-state index < -0.39 is 0 Å². The first-order valence-corrected chi connectivity index (χ1v) is 10.2. The molecule has 2 fully saturated rings. The number of ether oxygens (including phenoxy) is 2. The number of anilines is 2. The average Bonchev–Trinajstić information content (AvgIpc) is 3.33. The summed E-state index contributed by atoms with van der Waals surface area (Å²) in [7, 11) is 1.81. The van der Waals surface area contributed by atoms with Crippen molar-refractivity contribution in [3.8, 4) is 11.4 Å². The molecule has 5 heterocycles. The van der Waals surface area contributed by atoms with Gasteiger partial charge in [-0.1, -0.05) is 0 Å². The Morgan fingerprint density at radius 2 is 1.90 bits per heavy atom. The molecule has 1 N–H and O–H groups in total. The van der Waals surface area contributed by atoms with Gasteiger partial charge in [-0.25, -0.2) is 4.98 Å². The van der Waals surface area contributed by atoms with Gasteiger partial charge >= 0.3 is 0 Å². The number of hydrogen-bond donors (Lipinski definition) is 1. The number of hydrogen-bond acceptors (Lipinski definition) is 7. The van der Waals surface area contributed by atoms with Gasteiger partial charge in [0, 0.05) is 62.8 Å². The second kappa shape index (κ2) is 7.96. The Morgan fingerprint density at radius 1 is 1.07 bits per heavy atom. The number of pyridine rings is 2. The lowest BCUT2D eigenvalue weighted by atomic mass is 10.0. The van der Waals surface area contributed by atoms with E-state index in [2.05, 4.69) is 37.1 Å². The van der Waals surface area contributed by atoms with Crippen LogP contribution < -0.4 is 9.80 Å². The van der Waals surface area contributed by atoms with Crippen LogP contribution in [0.2, 0.25) is 0 Å². The zero-order valence-electron chi connectivity index (χ0n) is 16.7. The van der Waals surface area contributed by atoms with Crippen LogP contribution >= 0.6 is 0 Å². The molecule has 0 amide bonds. The van der Waals surface area contributed by atoms with E-state index in [9.17, 15) is 0 Å². The summed E-state index contributed by atoms with van der Waals surface area (Å²) >= 11 is 0. The van der Waals surface area contributed by atoms with Crippen molar-refractivity contribution in [2.75, 3.05) is 56.3 Å². The third-order valence-corrected chi connectivity index (χ3v) is 5.90. The number of rotatable bonds is 4. The predicted molar refractivity (Wildman–Crippen MR) is 112 cm³/mol. The normalized spacial score (nSPS) is 18.5. The van der Waals surface area contributed by atoms with Gasteiger partial charge in [0.2, 0.25) is 0 Å². The van der Waals surface area contributed by atoms with Crippen molar-refractivity contribution in [3.63, 3.8) is 0 Å². The van der Waals surface area contributed by atoms with Gasteiger partial charge in [-0.05, 0) is 25.0 Å². The Kier molecular flexibility index (Phi) is 5.03. The molecular formula is C21H26N6O2. The van der Waals surface area contributed by atoms with Gasteiger partial charge in [0.25, 0.3) is 0 Å². The molecule has 2 saturated heterocycles. The Bertz CT molecular complexity index is 963. The van der Waals surface area contributed by atoms with Gasteiger partial charge in [0.1, 0.15) is 17.0 Å². The van der Waals surface area contributed by atoms with Gasteiger partial charge in [-0.2, -0.15) is 5.10 Å². The van der Waals surface area contributed by atoms with E-state index in [1.165, 1.54) is 5.69 Å². The molecule has 29 heavy (non-hydrogen) atoms. The number of H-pyrrole nitrogens is 1. The summed E-state index contributed by atoms with van der Waals surface area (Å²) in [6.45, 7) is 5.11. The summed E-state index contributed by atoms with van der Waals surface area (Å²) in [5, 5.41) is 8.27. The molecule has 5 rings (SSSR count). The molecule has 8 nitrogen and oxygen atoms in total. The van der Waals surface area contributed by atoms with Crippen LogP contribution in [0.5, 0.6) is 0 Å². The highest BCUT2D eigenvalue weighted by Gasteiger charge is 2.24. The molecule has 2 aliphatic heterocycles. The highest BCUT2D eigenvalue weighted by Crippen LogP contribution is 2.35. The maximum Gasteiger partial charge on any atom is 0.131 e. The summed E-state index contributed by atoms with van der Waals surface area (Å²) in [5.41, 5.74) is 3.84. The lowest BCUT2D eigenvalue weighted by Gasteiger charge is -2.35. The monoisotopic (exact) mass is 394 g/mol. The molecule has 3 aromatic heterocycles. The zero-order chi connectivity index (χ0) is 19.6. The van der Waals surface area contributed by atoms with Crippen molar-refractivity contribution < 1.29 is 9.47 Å². The van der Waals surface area contributed by atoms with E-state index in [0.717, 1.165) is 80.3 Å². The molecule has 2 aliphatic rings. The van der Waals surface area contributed by atoms with Crippen LogP contribution in [0.15, 0.2) is 30.6 Å². The highest BCUT2D eigenvalue weighted by molar-refractivity contribution is 6.00. The van der Waals surface area contributed by atoms with E-state index >= 15 is 0 Å². The number of morpholine rings is 1. The number of methoxy groups -OCH3 is 1. The van der Waals surface area contributed by atoms with Crippen LogP contribution in [0.3, 0.4) is 0 Å². The molecule has 0 aliphatic carbocycles. The first-order valence-electron chi connectivity index (χ1n) is 10.2. The number of aromatic nitrogens is 4. The lowest BCUT2D eigenvalue weighted by Crippen LogP contribution is -2.38. The van der Waals surface area contributed by atoms with Gasteiger partial charge in [-0.15, -0.1) is 0 Å². The van der Waals surface area contributed by atoms with Crippen molar-refractivity contribution >= 4 is 22.4 Å². The third kappa shape index (κ3) is 3.54. The Balaban J connectivity index is 1.63. The van der Waals surface area contributed by atoms with Crippen molar-refractivity contribution in [3.05, 3.63) is 30.6 Å². The van der Waals surface area contributed by atoms with Crippen LogP contribution in [0, 0.1) is 0 Å². The average molecular weight is 394 g/mol. The molecule has 3 aromatic rings. The minimum absolute atomic E-state index is 0.347. The van der Waals surface area contributed by atoms with Gasteiger partial charge in [-0.3, -0.25) is 10.1 Å². The number of aromatic amines is 1. The van der Waals surface area contributed by atoms with E-state index in [4.69, 9.17) is 14.5 Å². The fraction of sp³-hybridized carbons (Fsp3) is 0.476. The largest absolute Gasteiger partial charge is 0.381 e. The second-order valence-corrected chi connectivity index (χ2v) is 7.55. The SMILES string of the molecule is COC1CCN(c2cc(N3CCOCC3)nc3c(-c4ccn[nH]4)nccc23)CC1. The molecule has 0 bridgehead atoms. The molecule has 0 atom stereocenters. The quantitative estimate of drug-likeness (QED) is 0.728. The van der Waals surface area contributed by atoms with E-state index in [1.54, 1.807) is 13.3 Å². The second-order valence-electron chi connectivity index (χ2n) is 7.55. The Morgan fingerprint density at radius 3 is 2.62 bits per heavy atom. The van der Waals surface area contributed by atoms with Crippen molar-refractivity contribution in [2.45, 2.75) is 18.9 Å². The van der Waals surface area contributed by atoms with Crippen molar-refractivity contribution in [2.24, 2.45) is 0 Å². The molecule has 0 spiro atoms. The summed E-state index contributed by atoms with van der Waals surface area (Å²) in [6.07, 6.45) is 6.02. The van der Waals surface area contributed by atoms with Gasteiger partial charge < -0.3 is 19.3 Å². The van der Waals surface area contributed by atoms with Crippen LogP contribution in [-0.2, 0) is 9.47 Å². The standard InChI is InChI=1S/C21H26N6O2/c1-28-15-4-8-26(9-5-15)18-14-19(27-10-12-29-13-11-27)24-20-16(18)2-6-22-21(20)17-3-7-23-25-17/h2-3,6-7,14-15H,4-5,8-13H2,1H3,(H,23,25). The van der Waals surface area contributed by atoms with Crippen LogP contribution in [0.1, 0.15) is 12.8 Å². The predicted octanol–water partition coefficient (Wildman–Crippen LogP) is 2.47. The van der Waals surface area contributed by atoms with Gasteiger partial charge in [0.15, 0.2) is 0 Å². The Labute approximate surface area is 169 Å². The summed E-state index contributed by atoms with van der Waals surface area (Å²) in [5.74, 6) is 0.985. The fourth-order valence-electron chi connectivity index (χ4n) is 4.25. The summed E-state index contributed by atoms with van der Waals surface area (Å²) in [4.78, 5) is 14.4.